The highest BCUT2D eigenvalue weighted by atomic mass is 16.3. The second-order valence-corrected chi connectivity index (χ2v) is 19.1. The molecule has 0 fully saturated rings. The summed E-state index contributed by atoms with van der Waals surface area (Å²) in [6.45, 7) is 18.5. The van der Waals surface area contributed by atoms with Crippen LogP contribution >= 0.6 is 0 Å². The van der Waals surface area contributed by atoms with Crippen LogP contribution in [-0.2, 0) is 16.2 Å². The zero-order valence-electron chi connectivity index (χ0n) is 34.2. The van der Waals surface area contributed by atoms with Crippen molar-refractivity contribution in [1.29, 1.82) is 0 Å². The van der Waals surface area contributed by atoms with Gasteiger partial charge < -0.3 is 14.3 Å². The highest BCUT2D eigenvalue weighted by Crippen LogP contribution is 2.50. The summed E-state index contributed by atoms with van der Waals surface area (Å²) >= 11 is 0. The third-order valence-electron chi connectivity index (χ3n) is 13.1. The van der Waals surface area contributed by atoms with Crippen molar-refractivity contribution in [2.75, 3.05) is 5.32 Å². The summed E-state index contributed by atoms with van der Waals surface area (Å²) in [7, 11) is 0.840. The van der Waals surface area contributed by atoms with Crippen molar-refractivity contribution in [3.63, 3.8) is 0 Å². The SMILES string of the molecule is CC(C)(C)c1ccc(Nc2ccc(C(C)(C)C)cc2-c2ccc3c4cc5c(cc4n4c3c2Bc2cc3c(cc2-4)C(C)(C)c2ccccc2-3)oc2ccccc25)cc1. The van der Waals surface area contributed by atoms with Crippen molar-refractivity contribution in [1.82, 2.24) is 4.57 Å². The Morgan fingerprint density at radius 2 is 1.30 bits per heavy atom. The van der Waals surface area contributed by atoms with Crippen molar-refractivity contribution in [2.24, 2.45) is 0 Å². The molecular weight excluding hydrogens is 691 g/mol. The van der Waals surface area contributed by atoms with Gasteiger partial charge in [0.05, 0.1) is 5.52 Å². The third kappa shape index (κ3) is 4.99. The second-order valence-electron chi connectivity index (χ2n) is 19.1. The first-order chi connectivity index (χ1) is 27.3. The summed E-state index contributed by atoms with van der Waals surface area (Å²) in [6, 6.07) is 47.9. The normalized spacial score (nSPS) is 14.2. The maximum atomic E-state index is 6.56. The van der Waals surface area contributed by atoms with Gasteiger partial charge in [-0.2, -0.15) is 0 Å². The molecule has 0 amide bonds. The average Bonchev–Trinajstić information content (AvgIpc) is 3.79. The first kappa shape index (κ1) is 34.3. The minimum atomic E-state index is -0.101. The van der Waals surface area contributed by atoms with Crippen molar-refractivity contribution in [3.05, 3.63) is 150 Å². The molecule has 1 aliphatic heterocycles. The Balaban J connectivity index is 1.20. The number of nitrogens with zero attached hydrogens (tertiary/aromatic N) is 1. The van der Waals surface area contributed by atoms with Crippen LogP contribution in [0.1, 0.15) is 77.6 Å². The van der Waals surface area contributed by atoms with Crippen LogP contribution in [0, 0.1) is 0 Å². The Labute approximate surface area is 335 Å². The maximum Gasteiger partial charge on any atom is 0.198 e. The topological polar surface area (TPSA) is 30.1 Å². The number of para-hydroxylation sites is 1. The molecule has 0 saturated heterocycles. The van der Waals surface area contributed by atoms with E-state index in [0.29, 0.717) is 0 Å². The highest BCUT2D eigenvalue weighted by molar-refractivity contribution is 6.73. The molecule has 3 heterocycles. The lowest BCUT2D eigenvalue weighted by molar-refractivity contribution is 0.590. The molecule has 1 aliphatic carbocycles. The molecule has 278 valence electrons. The van der Waals surface area contributed by atoms with E-state index in [1.54, 1.807) is 0 Å². The fourth-order valence-electron chi connectivity index (χ4n) is 9.95. The predicted octanol–water partition coefficient (Wildman–Crippen LogP) is 12.7. The Morgan fingerprint density at radius 3 is 2.09 bits per heavy atom. The fourth-order valence-corrected chi connectivity index (χ4v) is 9.95. The third-order valence-corrected chi connectivity index (χ3v) is 13.1. The van der Waals surface area contributed by atoms with Crippen molar-refractivity contribution in [2.45, 2.75) is 71.6 Å². The Kier molecular flexibility index (Phi) is 6.94. The molecule has 0 unspecified atom stereocenters. The van der Waals surface area contributed by atoms with E-state index >= 15 is 0 Å². The van der Waals surface area contributed by atoms with E-state index in [1.165, 1.54) is 82.9 Å². The van der Waals surface area contributed by atoms with Gasteiger partial charge in [0.15, 0.2) is 7.28 Å². The molecule has 4 heteroatoms. The Hall–Kier alpha value is -6.00. The number of fused-ring (bicyclic) bond motifs is 11. The van der Waals surface area contributed by atoms with Crippen LogP contribution in [0.2, 0.25) is 0 Å². The summed E-state index contributed by atoms with van der Waals surface area (Å²) in [5, 5.41) is 8.73. The molecule has 0 saturated carbocycles. The highest BCUT2D eigenvalue weighted by Gasteiger charge is 2.38. The van der Waals surface area contributed by atoms with Gasteiger partial charge in [0.1, 0.15) is 11.2 Å². The van der Waals surface area contributed by atoms with Gasteiger partial charge >= 0.3 is 0 Å². The molecule has 0 atom stereocenters. The van der Waals surface area contributed by atoms with Gasteiger partial charge in [-0.1, -0.05) is 140 Å². The second kappa shape index (κ2) is 11.5. The summed E-state index contributed by atoms with van der Waals surface area (Å²) in [5.41, 5.74) is 21.2. The number of anilines is 2. The molecule has 7 aromatic carbocycles. The number of furan rings is 1. The number of hydrogen-bond donors (Lipinski definition) is 1. The number of rotatable bonds is 3. The zero-order chi connectivity index (χ0) is 39.2. The van der Waals surface area contributed by atoms with E-state index in [0.717, 1.165) is 40.6 Å². The van der Waals surface area contributed by atoms with E-state index in [1.807, 2.05) is 0 Å². The molecule has 9 aromatic rings. The predicted molar refractivity (Wildman–Crippen MR) is 245 cm³/mol. The van der Waals surface area contributed by atoms with Crippen molar-refractivity contribution >= 4 is 73.3 Å². The largest absolute Gasteiger partial charge is 0.456 e. The monoisotopic (exact) mass is 738 g/mol. The van der Waals surface area contributed by atoms with E-state index in [9.17, 15) is 0 Å². The molecule has 11 rings (SSSR count). The first-order valence-corrected chi connectivity index (χ1v) is 20.5. The van der Waals surface area contributed by atoms with Gasteiger partial charge in [0.25, 0.3) is 0 Å². The number of hydrogen-bond acceptors (Lipinski definition) is 2. The molecule has 0 bridgehead atoms. The van der Waals surface area contributed by atoms with Crippen molar-refractivity contribution in [3.8, 4) is 27.9 Å². The lowest BCUT2D eigenvalue weighted by Gasteiger charge is -2.28. The molecule has 0 radical (unpaired) electrons. The number of benzene rings is 7. The molecular formula is C53H47BN2O. The maximum absolute atomic E-state index is 6.56. The van der Waals surface area contributed by atoms with E-state index < -0.39 is 0 Å². The van der Waals surface area contributed by atoms with Crippen LogP contribution in [0.25, 0.3) is 71.7 Å². The molecule has 2 aliphatic rings. The van der Waals surface area contributed by atoms with Crippen LogP contribution in [0.5, 0.6) is 0 Å². The number of nitrogens with one attached hydrogen (secondary N) is 1. The van der Waals surface area contributed by atoms with Gasteiger partial charge in [0, 0.05) is 61.2 Å². The smallest absolute Gasteiger partial charge is 0.198 e. The quantitative estimate of drug-likeness (QED) is 0.183. The average molecular weight is 739 g/mol. The van der Waals surface area contributed by atoms with E-state index in [4.69, 9.17) is 4.42 Å². The van der Waals surface area contributed by atoms with Gasteiger partial charge in [-0.3, -0.25) is 0 Å². The first-order valence-electron chi connectivity index (χ1n) is 20.5. The van der Waals surface area contributed by atoms with Crippen LogP contribution in [0.15, 0.2) is 132 Å². The van der Waals surface area contributed by atoms with E-state index in [2.05, 4.69) is 193 Å². The van der Waals surface area contributed by atoms with Crippen molar-refractivity contribution < 1.29 is 4.42 Å². The van der Waals surface area contributed by atoms with Gasteiger partial charge in [-0.05, 0) is 97.7 Å². The molecule has 3 nitrogen and oxygen atoms in total. The fraction of sp³-hybridized carbons (Fsp3) is 0.208. The minimum Gasteiger partial charge on any atom is -0.456 e. The molecule has 57 heavy (non-hydrogen) atoms. The lowest BCUT2D eigenvalue weighted by Crippen LogP contribution is -2.37. The van der Waals surface area contributed by atoms with Crippen LogP contribution < -0.4 is 16.2 Å². The van der Waals surface area contributed by atoms with Gasteiger partial charge in [-0.25, -0.2) is 0 Å². The molecule has 2 aromatic heterocycles. The Morgan fingerprint density at radius 1 is 0.561 bits per heavy atom. The summed E-state index contributed by atoms with van der Waals surface area (Å²) in [6.07, 6.45) is 0. The molecule has 0 spiro atoms. The minimum absolute atomic E-state index is 0.0118. The summed E-state index contributed by atoms with van der Waals surface area (Å²) in [5.74, 6) is 0. The van der Waals surface area contributed by atoms with Crippen LogP contribution in [-0.4, -0.2) is 11.8 Å². The van der Waals surface area contributed by atoms with E-state index in [-0.39, 0.29) is 16.2 Å². The molecule has 1 N–H and O–H groups in total. The standard InChI is InChI=1S/C53H47BN2O/c1-51(2,3)30-17-20-32(21-18-30)55-44-24-19-31(52(4,5)6)25-38(44)35-22-23-36-39-26-40-34-14-10-12-16-47(34)57-48(40)29-45(39)56-46-28-42-37(27-43(46)54-49(35)50(36)56)33-13-9-11-15-41(33)53(42,7)8/h9-29,54-55H,1-8H3. The summed E-state index contributed by atoms with van der Waals surface area (Å²) < 4.78 is 9.13. The van der Waals surface area contributed by atoms with Crippen LogP contribution in [0.4, 0.5) is 11.4 Å². The van der Waals surface area contributed by atoms with Gasteiger partial charge in [0.2, 0.25) is 0 Å². The lowest BCUT2D eigenvalue weighted by atomic mass is 9.58. The Bertz CT molecular complexity index is 3160. The zero-order valence-corrected chi connectivity index (χ0v) is 34.2. The summed E-state index contributed by atoms with van der Waals surface area (Å²) in [4.78, 5) is 0. The van der Waals surface area contributed by atoms with Crippen LogP contribution in [0.3, 0.4) is 0 Å². The number of aromatic nitrogens is 1. The van der Waals surface area contributed by atoms with Gasteiger partial charge in [-0.15, -0.1) is 0 Å².